The normalized spacial score (nSPS) is 28.1. The van der Waals surface area contributed by atoms with Gasteiger partial charge in [0.05, 0.1) is 18.0 Å². The number of hydrogen-bond acceptors (Lipinski definition) is 6. The Kier molecular flexibility index (Phi) is 6.62. The quantitative estimate of drug-likeness (QED) is 0.598. The van der Waals surface area contributed by atoms with Crippen molar-refractivity contribution in [2.75, 3.05) is 6.61 Å². The van der Waals surface area contributed by atoms with Crippen molar-refractivity contribution in [2.24, 2.45) is 0 Å². The highest BCUT2D eigenvalue weighted by Crippen LogP contribution is 2.36. The molecule has 27 heavy (non-hydrogen) atoms. The van der Waals surface area contributed by atoms with Crippen LogP contribution in [0.3, 0.4) is 0 Å². The molecular weight excluding hydrogens is 395 g/mol. The molecule has 1 aliphatic heterocycles. The fourth-order valence-electron chi connectivity index (χ4n) is 2.94. The number of hydrogen-bond donors (Lipinski definition) is 4. The molecule has 0 saturated carbocycles. The lowest BCUT2D eigenvalue weighted by atomic mass is 10.0. The third kappa shape index (κ3) is 4.56. The Bertz CT molecular complexity index is 790. The fourth-order valence-corrected chi connectivity index (χ4v) is 4.37. The van der Waals surface area contributed by atoms with E-state index in [-0.39, 0.29) is 18.8 Å². The number of aliphatic hydroxyl groups excluding tert-OH is 4. The zero-order valence-corrected chi connectivity index (χ0v) is 15.8. The lowest BCUT2D eigenvalue weighted by Gasteiger charge is -2.39. The molecule has 5 nitrogen and oxygen atoms in total. The van der Waals surface area contributed by atoms with Crippen molar-refractivity contribution in [1.82, 2.24) is 0 Å². The molecule has 0 spiro atoms. The SMILES string of the molecule is OC[C@@H]1S[C@H](Oc2ccc(Cl)cc2Cc2ccccc2F)[C@H](O)[C@@H](O)[C@@H]1O. The number of rotatable bonds is 5. The summed E-state index contributed by atoms with van der Waals surface area (Å²) >= 11 is 7.10. The number of aliphatic hydroxyl groups is 4. The van der Waals surface area contributed by atoms with Gasteiger partial charge in [-0.1, -0.05) is 29.8 Å². The van der Waals surface area contributed by atoms with Gasteiger partial charge < -0.3 is 25.2 Å². The Morgan fingerprint density at radius 2 is 1.74 bits per heavy atom. The predicted octanol–water partition coefficient (Wildman–Crippen LogP) is 1.97. The van der Waals surface area contributed by atoms with Crippen LogP contribution in [0.5, 0.6) is 5.75 Å². The summed E-state index contributed by atoms with van der Waals surface area (Å²) in [5.74, 6) is 0.0221. The third-order valence-electron chi connectivity index (χ3n) is 4.45. The van der Waals surface area contributed by atoms with Gasteiger partial charge in [0.1, 0.15) is 23.8 Å². The lowest BCUT2D eigenvalue weighted by Crippen LogP contribution is -2.55. The molecule has 1 heterocycles. The Hall–Kier alpha value is -1.35. The van der Waals surface area contributed by atoms with Crippen LogP contribution in [0.1, 0.15) is 11.1 Å². The number of thioether (sulfide) groups is 1. The van der Waals surface area contributed by atoms with Gasteiger partial charge in [0.15, 0.2) is 5.44 Å². The minimum absolute atomic E-state index is 0.227. The van der Waals surface area contributed by atoms with Gasteiger partial charge in [0, 0.05) is 17.0 Å². The zero-order valence-electron chi connectivity index (χ0n) is 14.2. The molecule has 0 radical (unpaired) electrons. The van der Waals surface area contributed by atoms with Gasteiger partial charge in [-0.05, 0) is 29.8 Å². The maximum atomic E-state index is 14.0. The molecule has 1 saturated heterocycles. The van der Waals surface area contributed by atoms with Crippen LogP contribution in [-0.4, -0.2) is 56.0 Å². The number of ether oxygens (including phenoxy) is 1. The molecule has 1 aliphatic rings. The van der Waals surface area contributed by atoms with Crippen LogP contribution in [-0.2, 0) is 6.42 Å². The second-order valence-electron chi connectivity index (χ2n) is 6.34. The first-order valence-corrected chi connectivity index (χ1v) is 9.71. The smallest absolute Gasteiger partial charge is 0.173 e. The van der Waals surface area contributed by atoms with Crippen LogP contribution < -0.4 is 4.74 Å². The van der Waals surface area contributed by atoms with E-state index in [1.165, 1.54) is 6.07 Å². The summed E-state index contributed by atoms with van der Waals surface area (Å²) in [7, 11) is 0. The topological polar surface area (TPSA) is 90.2 Å². The molecule has 0 amide bonds. The van der Waals surface area contributed by atoms with Gasteiger partial charge in [0.2, 0.25) is 0 Å². The van der Waals surface area contributed by atoms with E-state index in [2.05, 4.69) is 0 Å². The molecule has 8 heteroatoms. The highest BCUT2D eigenvalue weighted by atomic mass is 35.5. The number of benzene rings is 2. The predicted molar refractivity (Wildman–Crippen MR) is 102 cm³/mol. The second-order valence-corrected chi connectivity index (χ2v) is 8.11. The van der Waals surface area contributed by atoms with E-state index in [9.17, 15) is 24.8 Å². The molecule has 5 atom stereocenters. The van der Waals surface area contributed by atoms with Gasteiger partial charge in [-0.25, -0.2) is 4.39 Å². The van der Waals surface area contributed by atoms with Crippen molar-refractivity contribution in [2.45, 2.75) is 35.4 Å². The first kappa shape index (κ1) is 20.4. The van der Waals surface area contributed by atoms with Gasteiger partial charge in [-0.15, -0.1) is 11.8 Å². The van der Waals surface area contributed by atoms with E-state index in [0.717, 1.165) is 11.8 Å². The molecule has 0 unspecified atom stereocenters. The number of halogens is 2. The largest absolute Gasteiger partial charge is 0.477 e. The fraction of sp³-hybridized carbons (Fsp3) is 0.368. The van der Waals surface area contributed by atoms with Crippen molar-refractivity contribution in [3.8, 4) is 5.75 Å². The second kappa shape index (κ2) is 8.77. The molecule has 0 aromatic heterocycles. The summed E-state index contributed by atoms with van der Waals surface area (Å²) < 4.78 is 19.9. The molecule has 146 valence electrons. The van der Waals surface area contributed by atoms with E-state index in [1.807, 2.05) is 0 Å². The van der Waals surface area contributed by atoms with Crippen LogP contribution in [0.25, 0.3) is 0 Å². The van der Waals surface area contributed by atoms with Crippen molar-refractivity contribution in [3.05, 3.63) is 64.4 Å². The molecule has 4 N–H and O–H groups in total. The summed E-state index contributed by atoms with van der Waals surface area (Å²) in [5.41, 5.74) is 0.160. The van der Waals surface area contributed by atoms with Gasteiger partial charge in [-0.3, -0.25) is 0 Å². The van der Waals surface area contributed by atoms with Crippen LogP contribution in [0.2, 0.25) is 5.02 Å². The molecule has 2 aromatic rings. The Morgan fingerprint density at radius 1 is 1.00 bits per heavy atom. The van der Waals surface area contributed by atoms with Crippen molar-refractivity contribution in [1.29, 1.82) is 0 Å². The molecule has 0 aliphatic carbocycles. The summed E-state index contributed by atoms with van der Waals surface area (Å²) in [6, 6.07) is 11.2. The van der Waals surface area contributed by atoms with Gasteiger partial charge in [0.25, 0.3) is 0 Å². The summed E-state index contributed by atoms with van der Waals surface area (Å²) in [6.07, 6.45) is -3.84. The molecule has 3 rings (SSSR count). The van der Waals surface area contributed by atoms with Crippen molar-refractivity contribution < 1.29 is 29.6 Å². The summed E-state index contributed by atoms with van der Waals surface area (Å²) in [6.45, 7) is -0.377. The van der Waals surface area contributed by atoms with Crippen LogP contribution in [0.4, 0.5) is 4.39 Å². The lowest BCUT2D eigenvalue weighted by molar-refractivity contribution is -0.0910. The van der Waals surface area contributed by atoms with Crippen LogP contribution in [0, 0.1) is 5.82 Å². The van der Waals surface area contributed by atoms with Gasteiger partial charge in [-0.2, -0.15) is 0 Å². The van der Waals surface area contributed by atoms with Gasteiger partial charge >= 0.3 is 0 Å². The molecular formula is C19H20ClFO5S. The monoisotopic (exact) mass is 414 g/mol. The van der Waals surface area contributed by atoms with E-state index in [4.69, 9.17) is 16.3 Å². The first-order valence-electron chi connectivity index (χ1n) is 8.39. The average Bonchev–Trinajstić information content (AvgIpc) is 2.66. The highest BCUT2D eigenvalue weighted by molar-refractivity contribution is 8.00. The van der Waals surface area contributed by atoms with E-state index >= 15 is 0 Å². The van der Waals surface area contributed by atoms with E-state index in [0.29, 0.717) is 21.9 Å². The minimum Gasteiger partial charge on any atom is -0.477 e. The Labute approximate surface area is 165 Å². The summed E-state index contributed by atoms with van der Waals surface area (Å²) in [4.78, 5) is 0. The zero-order chi connectivity index (χ0) is 19.6. The Morgan fingerprint density at radius 3 is 2.44 bits per heavy atom. The molecule has 2 aromatic carbocycles. The van der Waals surface area contributed by atoms with Crippen molar-refractivity contribution >= 4 is 23.4 Å². The molecule has 1 fully saturated rings. The highest BCUT2D eigenvalue weighted by Gasteiger charge is 2.44. The van der Waals surface area contributed by atoms with Crippen LogP contribution in [0.15, 0.2) is 42.5 Å². The first-order chi connectivity index (χ1) is 12.9. The average molecular weight is 415 g/mol. The minimum atomic E-state index is -1.45. The van der Waals surface area contributed by atoms with Crippen molar-refractivity contribution in [3.63, 3.8) is 0 Å². The maximum absolute atomic E-state index is 14.0. The maximum Gasteiger partial charge on any atom is 0.173 e. The van der Waals surface area contributed by atoms with E-state index in [1.54, 1.807) is 36.4 Å². The summed E-state index contributed by atoms with van der Waals surface area (Å²) in [5, 5.41) is 39.3. The van der Waals surface area contributed by atoms with E-state index < -0.39 is 29.0 Å². The Balaban J connectivity index is 1.85. The standard InChI is InChI=1S/C19H20ClFO5S/c20-12-5-6-14(11(8-12)7-10-3-1-2-4-13(10)21)26-19-18(25)17(24)16(23)15(9-22)27-19/h1-6,8,15-19,22-25H,7,9H2/t15-,16+,17-,18+,19-/m0/s1. The van der Waals surface area contributed by atoms with Crippen LogP contribution >= 0.6 is 23.4 Å². The molecule has 0 bridgehead atoms. The third-order valence-corrected chi connectivity index (χ3v) is 6.11.